The first kappa shape index (κ1) is 13.5. The average Bonchev–Trinajstić information content (AvgIpc) is 2.23. The number of benzene rings is 1. The van der Waals surface area contributed by atoms with Crippen LogP contribution in [0.1, 0.15) is 5.56 Å². The smallest absolute Gasteiger partial charge is 0.343 e. The maximum absolute atomic E-state index is 11.3. The van der Waals surface area contributed by atoms with E-state index in [1.165, 1.54) is 0 Å². The summed E-state index contributed by atoms with van der Waals surface area (Å²) in [6.07, 6.45) is 0. The lowest BCUT2D eigenvalue weighted by Gasteiger charge is -2.09. The first-order valence-corrected chi connectivity index (χ1v) is 5.45. The van der Waals surface area contributed by atoms with Gasteiger partial charge >= 0.3 is 12.0 Å². The Morgan fingerprint density at radius 3 is 2.82 bits per heavy atom. The molecular weight excluding hydrogens is 292 g/mol. The molecule has 7 heteroatoms. The zero-order valence-electron chi connectivity index (χ0n) is 8.99. The molecule has 0 aliphatic carbocycles. The van der Waals surface area contributed by atoms with Crippen molar-refractivity contribution in [3.63, 3.8) is 0 Å². The summed E-state index contributed by atoms with van der Waals surface area (Å²) in [5, 5.41) is 10.8. The Morgan fingerprint density at radius 2 is 2.18 bits per heavy atom. The van der Waals surface area contributed by atoms with Crippen molar-refractivity contribution in [3.05, 3.63) is 28.2 Å². The number of hydroxylamine groups is 1. The summed E-state index contributed by atoms with van der Waals surface area (Å²) in [6.45, 7) is 1.29. The van der Waals surface area contributed by atoms with Gasteiger partial charge in [-0.15, -0.1) is 0 Å². The van der Waals surface area contributed by atoms with E-state index < -0.39 is 18.6 Å². The fourth-order valence-electron chi connectivity index (χ4n) is 1.05. The lowest BCUT2D eigenvalue weighted by molar-refractivity contribution is -0.143. The van der Waals surface area contributed by atoms with E-state index in [4.69, 9.17) is 5.11 Å². The second-order valence-electron chi connectivity index (χ2n) is 3.22. The Hall–Kier alpha value is -1.60. The molecule has 0 aliphatic rings. The van der Waals surface area contributed by atoms with Crippen molar-refractivity contribution in [2.75, 3.05) is 11.9 Å². The molecule has 6 nitrogen and oxygen atoms in total. The largest absolute Gasteiger partial charge is 0.479 e. The molecule has 0 saturated heterocycles. The van der Waals surface area contributed by atoms with Crippen molar-refractivity contribution in [3.8, 4) is 0 Å². The van der Waals surface area contributed by atoms with Gasteiger partial charge in [-0.25, -0.2) is 15.1 Å². The van der Waals surface area contributed by atoms with Crippen molar-refractivity contribution >= 4 is 33.6 Å². The molecule has 0 bridgehead atoms. The molecule has 3 N–H and O–H groups in total. The molecule has 0 spiro atoms. The zero-order chi connectivity index (χ0) is 12.8. The molecule has 0 aromatic heterocycles. The third-order valence-electron chi connectivity index (χ3n) is 1.73. The molecule has 0 saturated carbocycles. The van der Waals surface area contributed by atoms with Crippen LogP contribution in [0.5, 0.6) is 0 Å². The van der Waals surface area contributed by atoms with E-state index in [1.807, 2.05) is 18.5 Å². The van der Waals surface area contributed by atoms with Crippen LogP contribution in [-0.2, 0) is 9.63 Å². The number of hydrogen-bond donors (Lipinski definition) is 3. The zero-order valence-corrected chi connectivity index (χ0v) is 10.6. The highest BCUT2D eigenvalue weighted by molar-refractivity contribution is 9.10. The number of carbonyl (C=O) groups excluding carboxylic acids is 1. The highest BCUT2D eigenvalue weighted by atomic mass is 79.9. The number of carboxylic acid groups (broad SMARTS) is 1. The number of nitrogens with one attached hydrogen (secondary N) is 2. The molecule has 0 aliphatic heterocycles. The number of hydrogen-bond acceptors (Lipinski definition) is 3. The lowest BCUT2D eigenvalue weighted by Crippen LogP contribution is -2.30. The van der Waals surface area contributed by atoms with E-state index in [0.29, 0.717) is 5.69 Å². The second-order valence-corrected chi connectivity index (χ2v) is 4.08. The second kappa shape index (κ2) is 6.21. The van der Waals surface area contributed by atoms with Crippen LogP contribution in [0.25, 0.3) is 0 Å². The van der Waals surface area contributed by atoms with E-state index in [2.05, 4.69) is 26.1 Å². The predicted molar refractivity (Wildman–Crippen MR) is 64.6 cm³/mol. The molecule has 2 amide bonds. The molecule has 92 valence electrons. The highest BCUT2D eigenvalue weighted by Crippen LogP contribution is 2.22. The fraction of sp³-hybridized carbons (Fsp3) is 0.200. The number of urea groups is 1. The Balaban J connectivity index is 2.50. The Morgan fingerprint density at radius 1 is 1.47 bits per heavy atom. The molecule has 1 aromatic carbocycles. The number of amides is 2. The normalized spacial score (nSPS) is 9.76. The number of aliphatic carboxylic acids is 1. The van der Waals surface area contributed by atoms with Gasteiger partial charge in [-0.2, -0.15) is 0 Å². The summed E-state index contributed by atoms with van der Waals surface area (Å²) in [6, 6.07) is 4.80. The first-order chi connectivity index (χ1) is 7.99. The van der Waals surface area contributed by atoms with E-state index in [1.54, 1.807) is 12.1 Å². The van der Waals surface area contributed by atoms with Gasteiger partial charge in [0.1, 0.15) is 0 Å². The van der Waals surface area contributed by atoms with Crippen molar-refractivity contribution in [2.45, 2.75) is 6.92 Å². The number of halogens is 1. The predicted octanol–water partition coefficient (Wildman–Crippen LogP) is 1.90. The van der Waals surface area contributed by atoms with Crippen molar-refractivity contribution in [1.29, 1.82) is 0 Å². The molecule has 0 radical (unpaired) electrons. The molecule has 0 unspecified atom stereocenters. The number of aryl methyl sites for hydroxylation is 1. The van der Waals surface area contributed by atoms with E-state index in [-0.39, 0.29) is 0 Å². The minimum absolute atomic E-state index is 0.571. The van der Waals surface area contributed by atoms with Gasteiger partial charge in [0.2, 0.25) is 0 Å². The summed E-state index contributed by atoms with van der Waals surface area (Å²) in [7, 11) is 0. The Kier molecular flexibility index (Phi) is 4.92. The van der Waals surface area contributed by atoms with Crippen LogP contribution in [0.2, 0.25) is 0 Å². The maximum atomic E-state index is 11.3. The molecule has 0 heterocycles. The van der Waals surface area contributed by atoms with Gasteiger partial charge in [-0.05, 0) is 40.5 Å². The van der Waals surface area contributed by atoms with Gasteiger partial charge in [-0.3, -0.25) is 4.84 Å². The van der Waals surface area contributed by atoms with E-state index in [9.17, 15) is 9.59 Å². The summed E-state index contributed by atoms with van der Waals surface area (Å²) in [5.41, 5.74) is 3.51. The topological polar surface area (TPSA) is 87.7 Å². The third kappa shape index (κ3) is 4.83. The Labute approximate surface area is 106 Å². The Bertz CT molecular complexity index is 436. The molecule has 1 aromatic rings. The number of carboxylic acids is 1. The van der Waals surface area contributed by atoms with Crippen LogP contribution in [0.4, 0.5) is 10.5 Å². The molecule has 17 heavy (non-hydrogen) atoms. The van der Waals surface area contributed by atoms with Crippen LogP contribution in [0.15, 0.2) is 22.7 Å². The molecule has 0 atom stereocenters. The number of anilines is 1. The van der Waals surface area contributed by atoms with Crippen LogP contribution in [0.3, 0.4) is 0 Å². The average molecular weight is 303 g/mol. The summed E-state index contributed by atoms with van der Waals surface area (Å²) in [4.78, 5) is 25.9. The van der Waals surface area contributed by atoms with Crippen LogP contribution < -0.4 is 10.8 Å². The van der Waals surface area contributed by atoms with Gasteiger partial charge in [0.15, 0.2) is 6.61 Å². The monoisotopic (exact) mass is 302 g/mol. The third-order valence-corrected chi connectivity index (χ3v) is 2.42. The van der Waals surface area contributed by atoms with Gasteiger partial charge in [0.05, 0.1) is 5.69 Å². The van der Waals surface area contributed by atoms with Crippen LogP contribution in [0, 0.1) is 6.92 Å². The number of carbonyl (C=O) groups is 2. The molecular formula is C10H11BrN2O4. The molecule has 0 fully saturated rings. The van der Waals surface area contributed by atoms with Crippen LogP contribution in [-0.4, -0.2) is 23.7 Å². The van der Waals surface area contributed by atoms with Crippen molar-refractivity contribution in [1.82, 2.24) is 5.48 Å². The summed E-state index contributed by atoms with van der Waals surface area (Å²) in [5.74, 6) is -1.16. The van der Waals surface area contributed by atoms with E-state index in [0.717, 1.165) is 10.0 Å². The minimum Gasteiger partial charge on any atom is -0.479 e. The summed E-state index contributed by atoms with van der Waals surface area (Å²) >= 11 is 3.27. The van der Waals surface area contributed by atoms with Gasteiger partial charge in [0.25, 0.3) is 0 Å². The maximum Gasteiger partial charge on any atom is 0.343 e. The van der Waals surface area contributed by atoms with Crippen molar-refractivity contribution in [2.24, 2.45) is 0 Å². The van der Waals surface area contributed by atoms with Crippen LogP contribution >= 0.6 is 15.9 Å². The van der Waals surface area contributed by atoms with Gasteiger partial charge in [0, 0.05) is 4.47 Å². The summed E-state index contributed by atoms with van der Waals surface area (Å²) < 4.78 is 0.719. The molecule has 1 rings (SSSR count). The standard InChI is InChI=1S/C10H11BrN2O4/c1-6-2-3-7(11)8(4-6)12-10(16)13-17-5-9(14)15/h2-4H,5H2,1H3,(H,14,15)(H2,12,13,16). The fourth-order valence-corrected chi connectivity index (χ4v) is 1.39. The highest BCUT2D eigenvalue weighted by Gasteiger charge is 2.06. The van der Waals surface area contributed by atoms with Gasteiger partial charge in [-0.1, -0.05) is 6.07 Å². The van der Waals surface area contributed by atoms with E-state index >= 15 is 0 Å². The lowest BCUT2D eigenvalue weighted by atomic mass is 10.2. The minimum atomic E-state index is -1.16. The van der Waals surface area contributed by atoms with Gasteiger partial charge < -0.3 is 10.4 Å². The first-order valence-electron chi connectivity index (χ1n) is 4.66. The number of rotatable bonds is 4. The van der Waals surface area contributed by atoms with Crippen molar-refractivity contribution < 1.29 is 19.5 Å². The quantitative estimate of drug-likeness (QED) is 0.741. The SMILES string of the molecule is Cc1ccc(Br)c(NC(=O)NOCC(=O)O)c1.